The van der Waals surface area contributed by atoms with Crippen LogP contribution in [-0.2, 0) is 87.4 Å². The molecule has 2 saturated carbocycles. The number of carbonyl (C=O) groups excluding carboxylic acids is 9. The second-order valence-corrected chi connectivity index (χ2v) is 17.3. The van der Waals surface area contributed by atoms with Gasteiger partial charge in [0.25, 0.3) is 0 Å². The van der Waals surface area contributed by atoms with E-state index in [-0.39, 0.29) is 23.2 Å². The first-order valence-corrected chi connectivity index (χ1v) is 20.9. The van der Waals surface area contributed by atoms with Gasteiger partial charge in [-0.1, -0.05) is 18.2 Å². The van der Waals surface area contributed by atoms with Gasteiger partial charge < -0.3 is 52.5 Å². The fourth-order valence-electron chi connectivity index (χ4n) is 10.1. The Morgan fingerprint density at radius 2 is 1.29 bits per heavy atom. The van der Waals surface area contributed by atoms with Crippen LogP contribution < -0.4 is 0 Å². The molecular weight excluding hydrogens is 874 g/mol. The number of aromatic nitrogens is 1. The number of hydrogen-bond acceptors (Lipinski definition) is 21. The van der Waals surface area contributed by atoms with Gasteiger partial charge in [0.1, 0.15) is 42.0 Å². The minimum absolute atomic E-state index is 0.00555. The highest BCUT2D eigenvalue weighted by atomic mass is 16.7. The van der Waals surface area contributed by atoms with Gasteiger partial charge in [-0.2, -0.15) is 0 Å². The van der Waals surface area contributed by atoms with Gasteiger partial charge in [0.2, 0.25) is 5.60 Å². The predicted molar refractivity (Wildman–Crippen MR) is 216 cm³/mol. The lowest BCUT2D eigenvalue weighted by molar-refractivity contribution is -0.387. The second kappa shape index (κ2) is 18.1. The molecule has 12 atom stereocenters. The third-order valence-electron chi connectivity index (χ3n) is 12.5. The molecule has 3 heterocycles. The molecule has 2 aliphatic carbocycles. The van der Waals surface area contributed by atoms with Gasteiger partial charge in [0.15, 0.2) is 30.0 Å². The van der Waals surface area contributed by atoms with E-state index in [0.717, 1.165) is 48.5 Å². The average molecular weight is 926 g/mol. The quantitative estimate of drug-likeness (QED) is 0.277. The van der Waals surface area contributed by atoms with Crippen molar-refractivity contribution in [1.82, 2.24) is 4.98 Å². The zero-order valence-electron chi connectivity index (χ0n) is 37.6. The molecule has 3 fully saturated rings. The van der Waals surface area contributed by atoms with Gasteiger partial charge in [0.05, 0.1) is 22.7 Å². The summed E-state index contributed by atoms with van der Waals surface area (Å²) < 4.78 is 60.7. The molecule has 0 unspecified atom stereocenters. The number of aliphatic hydroxyl groups is 1. The molecule has 4 bridgehead atoms. The first kappa shape index (κ1) is 49.0. The summed E-state index contributed by atoms with van der Waals surface area (Å²) in [6.45, 7) is 7.32. The van der Waals surface area contributed by atoms with Crippen molar-refractivity contribution in [2.75, 3.05) is 13.2 Å². The number of aryl methyl sites for hydroxylation is 1. The van der Waals surface area contributed by atoms with E-state index >= 15 is 4.79 Å². The Kier molecular flexibility index (Phi) is 13.4. The summed E-state index contributed by atoms with van der Waals surface area (Å²) in [7, 11) is 0. The highest BCUT2D eigenvalue weighted by Crippen LogP contribution is 2.70. The van der Waals surface area contributed by atoms with Crippen molar-refractivity contribution < 1.29 is 95.6 Å². The number of ether oxygens (including phenoxy) is 10. The smallest absolute Gasteiger partial charge is 0.350 e. The Hall–Kier alpha value is -6.48. The van der Waals surface area contributed by atoms with Gasteiger partial charge in [-0.25, -0.2) is 14.4 Å². The van der Waals surface area contributed by atoms with Crippen LogP contribution >= 0.6 is 0 Å². The van der Waals surface area contributed by atoms with Crippen molar-refractivity contribution in [3.05, 3.63) is 65.5 Å². The average Bonchev–Trinajstić information content (AvgIpc) is 3.44. The number of hydrogen-bond donors (Lipinski definition) is 1. The molecule has 6 rings (SSSR count). The van der Waals surface area contributed by atoms with Crippen molar-refractivity contribution in [3.8, 4) is 0 Å². The Bertz CT molecular complexity index is 2310. The van der Waals surface area contributed by atoms with Crippen LogP contribution in [0.15, 0.2) is 48.7 Å². The Balaban J connectivity index is 1.76. The number of fused-ring (bicyclic) bond motifs is 5. The lowest BCUT2D eigenvalue weighted by Crippen LogP contribution is -2.89. The summed E-state index contributed by atoms with van der Waals surface area (Å²) in [5.74, 6) is -11.6. The lowest BCUT2D eigenvalue weighted by Gasteiger charge is -2.67. The van der Waals surface area contributed by atoms with Gasteiger partial charge in [-0.3, -0.25) is 33.8 Å². The van der Waals surface area contributed by atoms with E-state index in [1.165, 1.54) is 44.3 Å². The second-order valence-electron chi connectivity index (χ2n) is 17.3. The molecule has 1 aromatic carbocycles. The number of esters is 9. The molecule has 1 N–H and O–H groups in total. The number of carbonyl (C=O) groups is 9. The molecule has 2 aliphatic heterocycles. The number of pyridine rings is 1. The van der Waals surface area contributed by atoms with Crippen LogP contribution in [-0.4, -0.2) is 136 Å². The molecule has 66 heavy (non-hydrogen) atoms. The van der Waals surface area contributed by atoms with Crippen molar-refractivity contribution in [1.29, 1.82) is 0 Å². The first-order chi connectivity index (χ1) is 30.8. The van der Waals surface area contributed by atoms with E-state index in [4.69, 9.17) is 47.4 Å². The van der Waals surface area contributed by atoms with Gasteiger partial charge in [-0.15, -0.1) is 0 Å². The summed E-state index contributed by atoms with van der Waals surface area (Å²) in [5, 5.41) is 13.7. The summed E-state index contributed by atoms with van der Waals surface area (Å²) in [6, 6.07) is 10.4. The largest absolute Gasteiger partial charge is 0.465 e. The zero-order valence-corrected chi connectivity index (χ0v) is 37.6. The molecule has 1 aromatic heterocycles. The van der Waals surface area contributed by atoms with E-state index in [9.17, 15) is 43.5 Å². The summed E-state index contributed by atoms with van der Waals surface area (Å²) in [4.78, 5) is 127. The van der Waals surface area contributed by atoms with E-state index in [1.807, 2.05) is 0 Å². The molecule has 2 aromatic rings. The molecule has 4 aliphatic rings. The fraction of sp³-hybridized carbons (Fsp3) is 0.556. The standard InChI is InChI=1S/C45H51NO20/c1-22(47)57-21-44-36(62-26(5)51)32(59-23(2)48)31-34(61-25(4)50)45(44)43(9,56)35(33(60-24(3)49)37(44)63-27(6)52)64-40(55)41(7,65-38(53)28-14-11-10-12-15-28)18-17-30-29(16-13-19-46-30)39(54)58-20-42(31,8)66-45/h10-16,19,31-37,56H,17-18,20-21H2,1-9H3/t31-,32-,33+,34-,35+,36-,37+,41-,42+,43+,44-,45+/m1/s1. The summed E-state index contributed by atoms with van der Waals surface area (Å²) >= 11 is 0. The zero-order chi connectivity index (χ0) is 48.7. The Morgan fingerprint density at radius 3 is 1.86 bits per heavy atom. The number of rotatable bonds is 9. The third-order valence-corrected chi connectivity index (χ3v) is 12.5. The minimum Gasteiger partial charge on any atom is -0.465 e. The molecule has 0 amide bonds. The Labute approximate surface area is 377 Å². The minimum atomic E-state index is -3.01. The predicted octanol–water partition coefficient (Wildman–Crippen LogP) is 1.84. The molecule has 21 nitrogen and oxygen atoms in total. The van der Waals surface area contributed by atoms with Crippen molar-refractivity contribution >= 4 is 53.7 Å². The summed E-state index contributed by atoms with van der Waals surface area (Å²) in [6.07, 6.45) is -12.1. The normalized spacial score (nSPS) is 34.6. The van der Waals surface area contributed by atoms with E-state index < -0.39 is 144 Å². The molecule has 0 radical (unpaired) electrons. The van der Waals surface area contributed by atoms with Crippen molar-refractivity contribution in [2.24, 2.45) is 11.3 Å². The van der Waals surface area contributed by atoms with Crippen LogP contribution in [0.3, 0.4) is 0 Å². The third kappa shape index (κ3) is 8.44. The van der Waals surface area contributed by atoms with Crippen LogP contribution in [0, 0.1) is 11.3 Å². The molecule has 356 valence electrons. The SMILES string of the molecule is CC(=O)OC[C@]12[C@H](OC(C)=O)[C@H](OC(C)=O)[C@@H]3[C@@H](OC(C)=O)[C@@]14O[C@@]3(C)COC(=O)c1cccnc1CC[C@@](C)(OC(=O)c1ccccc1)C(=O)O[C@@H]([C@H](OC(C)=O)[C@@H]2OC(C)=O)[C@]4(C)O. The van der Waals surface area contributed by atoms with Gasteiger partial charge in [-0.05, 0) is 51.5 Å². The maximum atomic E-state index is 15.1. The van der Waals surface area contributed by atoms with Crippen LogP contribution in [0.4, 0.5) is 0 Å². The van der Waals surface area contributed by atoms with E-state index in [1.54, 1.807) is 18.2 Å². The van der Waals surface area contributed by atoms with Crippen LogP contribution in [0.25, 0.3) is 0 Å². The Morgan fingerprint density at radius 1 is 0.727 bits per heavy atom. The van der Waals surface area contributed by atoms with Gasteiger partial charge >= 0.3 is 53.7 Å². The number of cyclic esters (lactones) is 1. The maximum Gasteiger partial charge on any atom is 0.350 e. The lowest BCUT2D eigenvalue weighted by atomic mass is 9.45. The molecule has 1 spiro atoms. The van der Waals surface area contributed by atoms with E-state index in [0.29, 0.717) is 0 Å². The van der Waals surface area contributed by atoms with E-state index in [2.05, 4.69) is 4.98 Å². The highest BCUT2D eigenvalue weighted by molar-refractivity contribution is 5.93. The van der Waals surface area contributed by atoms with Crippen molar-refractivity contribution in [3.63, 3.8) is 0 Å². The van der Waals surface area contributed by atoms with Crippen molar-refractivity contribution in [2.45, 2.75) is 134 Å². The van der Waals surface area contributed by atoms with Crippen LogP contribution in [0.2, 0.25) is 0 Å². The monoisotopic (exact) mass is 925 g/mol. The van der Waals surface area contributed by atoms with Crippen LogP contribution in [0.1, 0.15) is 95.1 Å². The molecule has 1 saturated heterocycles. The topological polar surface area (TPSA) is 279 Å². The number of nitrogens with zero attached hydrogens (tertiary/aromatic N) is 1. The molecule has 21 heteroatoms. The number of benzene rings is 1. The van der Waals surface area contributed by atoms with Crippen LogP contribution in [0.5, 0.6) is 0 Å². The fourth-order valence-corrected chi connectivity index (χ4v) is 10.1. The summed E-state index contributed by atoms with van der Waals surface area (Å²) in [5.41, 5.74) is -13.2. The molecular formula is C45H51NO20. The van der Waals surface area contributed by atoms with Gasteiger partial charge in [0, 0.05) is 54.2 Å². The highest BCUT2D eigenvalue weighted by Gasteiger charge is 2.92. The maximum absolute atomic E-state index is 15.1. The first-order valence-electron chi connectivity index (χ1n) is 20.9.